The van der Waals surface area contributed by atoms with Gasteiger partial charge in [-0.05, 0) is 44.7 Å². The largest absolute Gasteiger partial charge is 0.459 e. The van der Waals surface area contributed by atoms with Gasteiger partial charge in [0.2, 0.25) is 0 Å². The molecule has 0 aromatic carbocycles. The number of hydrogen-bond acceptors (Lipinski definition) is 5. The van der Waals surface area contributed by atoms with Gasteiger partial charge in [0.25, 0.3) is 5.91 Å². The Balaban J connectivity index is 1.75. The summed E-state index contributed by atoms with van der Waals surface area (Å²) in [6, 6.07) is 3.75. The topological polar surface area (TPSA) is 81.2 Å². The Hall–Kier alpha value is -1.66. The molecular weight excluding hydrogens is 286 g/mol. The first-order chi connectivity index (χ1) is 10.0. The molecule has 1 unspecified atom stereocenters. The van der Waals surface area contributed by atoms with Crippen molar-refractivity contribution in [2.45, 2.75) is 32.2 Å². The van der Waals surface area contributed by atoms with Gasteiger partial charge in [0.05, 0.1) is 5.54 Å². The second-order valence-corrected chi connectivity index (χ2v) is 6.66. The molecule has 3 rings (SSSR count). The monoisotopic (exact) mass is 305 g/mol. The van der Waals surface area contributed by atoms with E-state index in [1.807, 2.05) is 26.0 Å². The molecule has 0 saturated heterocycles. The highest BCUT2D eigenvalue weighted by molar-refractivity contribution is 7.13. The van der Waals surface area contributed by atoms with Crippen molar-refractivity contribution in [3.8, 4) is 10.8 Å². The van der Waals surface area contributed by atoms with Crippen LogP contribution in [0.15, 0.2) is 21.9 Å². The van der Waals surface area contributed by atoms with Crippen LogP contribution in [0.4, 0.5) is 0 Å². The normalized spacial score (nSPS) is 17.5. The van der Waals surface area contributed by atoms with Gasteiger partial charge >= 0.3 is 0 Å². The molecule has 2 aromatic rings. The highest BCUT2D eigenvalue weighted by Crippen LogP contribution is 2.39. The number of rotatable bonds is 5. The third-order valence-corrected chi connectivity index (χ3v) is 4.85. The smallest absolute Gasteiger partial charge is 0.271 e. The molecule has 6 heteroatoms. The molecule has 2 heterocycles. The van der Waals surface area contributed by atoms with Crippen LogP contribution in [0.5, 0.6) is 0 Å². The average Bonchev–Trinajstić information content (AvgIpc) is 3.05. The van der Waals surface area contributed by atoms with E-state index in [1.54, 1.807) is 5.38 Å². The lowest BCUT2D eigenvalue weighted by molar-refractivity contribution is 0.0893. The summed E-state index contributed by atoms with van der Waals surface area (Å²) < 4.78 is 5.53. The molecule has 2 aromatic heterocycles. The third-order valence-electron chi connectivity index (χ3n) is 3.99. The molecule has 1 atom stereocenters. The minimum Gasteiger partial charge on any atom is -0.459 e. The van der Waals surface area contributed by atoms with E-state index in [-0.39, 0.29) is 11.4 Å². The number of carbonyl (C=O) groups is 1. The van der Waals surface area contributed by atoms with Crippen molar-refractivity contribution in [2.75, 3.05) is 6.54 Å². The van der Waals surface area contributed by atoms with Crippen LogP contribution in [-0.4, -0.2) is 23.0 Å². The molecule has 5 nitrogen and oxygen atoms in total. The molecule has 0 aliphatic heterocycles. The molecule has 0 spiro atoms. The highest BCUT2D eigenvalue weighted by Gasteiger charge is 2.41. The van der Waals surface area contributed by atoms with Crippen LogP contribution in [-0.2, 0) is 0 Å². The van der Waals surface area contributed by atoms with E-state index in [4.69, 9.17) is 10.2 Å². The van der Waals surface area contributed by atoms with Crippen molar-refractivity contribution in [3.05, 3.63) is 29.0 Å². The molecule has 3 N–H and O–H groups in total. The van der Waals surface area contributed by atoms with Gasteiger partial charge in [-0.2, -0.15) is 0 Å². The fourth-order valence-electron chi connectivity index (χ4n) is 2.40. The van der Waals surface area contributed by atoms with Crippen LogP contribution in [0, 0.1) is 12.8 Å². The van der Waals surface area contributed by atoms with E-state index in [2.05, 4.69) is 10.3 Å². The number of hydrogen-bond donors (Lipinski definition) is 2. The van der Waals surface area contributed by atoms with Gasteiger partial charge in [-0.25, -0.2) is 4.98 Å². The van der Waals surface area contributed by atoms with E-state index in [0.717, 1.165) is 18.6 Å². The van der Waals surface area contributed by atoms with Crippen molar-refractivity contribution < 1.29 is 9.21 Å². The van der Waals surface area contributed by atoms with E-state index in [9.17, 15) is 4.79 Å². The molecule has 0 bridgehead atoms. The Morgan fingerprint density at radius 3 is 2.90 bits per heavy atom. The number of thiazole rings is 1. The van der Waals surface area contributed by atoms with Gasteiger partial charge in [-0.15, -0.1) is 11.3 Å². The number of nitrogens with zero attached hydrogens (tertiary/aromatic N) is 1. The van der Waals surface area contributed by atoms with E-state index >= 15 is 0 Å². The van der Waals surface area contributed by atoms with Crippen LogP contribution in [0.1, 0.15) is 36.0 Å². The lowest BCUT2D eigenvalue weighted by atomic mass is 9.96. The number of aryl methyl sites for hydroxylation is 1. The summed E-state index contributed by atoms with van der Waals surface area (Å²) in [4.78, 5) is 16.7. The summed E-state index contributed by atoms with van der Waals surface area (Å²) in [5.41, 5.74) is 5.92. The Morgan fingerprint density at radius 2 is 2.33 bits per heavy atom. The summed E-state index contributed by atoms with van der Waals surface area (Å²) in [6.45, 7) is 4.33. The second kappa shape index (κ2) is 5.27. The lowest BCUT2D eigenvalue weighted by Crippen LogP contribution is -2.53. The quantitative estimate of drug-likeness (QED) is 0.889. The third kappa shape index (κ3) is 2.87. The summed E-state index contributed by atoms with van der Waals surface area (Å²) in [7, 11) is 0. The Morgan fingerprint density at radius 1 is 1.57 bits per heavy atom. The summed E-state index contributed by atoms with van der Waals surface area (Å²) >= 11 is 1.40. The van der Waals surface area contributed by atoms with Crippen LogP contribution >= 0.6 is 11.3 Å². The van der Waals surface area contributed by atoms with E-state index in [0.29, 0.717) is 28.9 Å². The number of aromatic nitrogens is 1. The molecule has 1 aliphatic carbocycles. The first-order valence-corrected chi connectivity index (χ1v) is 7.95. The predicted molar refractivity (Wildman–Crippen MR) is 82.2 cm³/mol. The first-order valence-electron chi connectivity index (χ1n) is 7.07. The summed E-state index contributed by atoms with van der Waals surface area (Å²) in [6.07, 6.45) is 2.25. The number of furan rings is 1. The zero-order valence-corrected chi connectivity index (χ0v) is 13.0. The fraction of sp³-hybridized carbons (Fsp3) is 0.467. The Bertz CT molecular complexity index is 659. The standard InChI is InChI=1S/C15H19N3O2S/c1-9-3-6-12(20-9)14-17-11(7-21-14)13(19)18-15(2,8-16)10-4-5-10/h3,6-7,10H,4-5,8,16H2,1-2H3,(H,18,19). The van der Waals surface area contributed by atoms with Crippen LogP contribution in [0.3, 0.4) is 0 Å². The summed E-state index contributed by atoms with van der Waals surface area (Å²) in [5, 5.41) is 5.51. The molecule has 112 valence electrons. The molecule has 21 heavy (non-hydrogen) atoms. The Labute approximate surface area is 127 Å². The molecular formula is C15H19N3O2S. The predicted octanol–water partition coefficient (Wildman–Crippen LogP) is 2.57. The second-order valence-electron chi connectivity index (χ2n) is 5.80. The molecule has 1 fully saturated rings. The van der Waals surface area contributed by atoms with Crippen molar-refractivity contribution in [1.29, 1.82) is 0 Å². The van der Waals surface area contributed by atoms with E-state index in [1.165, 1.54) is 11.3 Å². The van der Waals surface area contributed by atoms with Crippen molar-refractivity contribution in [1.82, 2.24) is 10.3 Å². The van der Waals surface area contributed by atoms with Crippen LogP contribution < -0.4 is 11.1 Å². The number of amides is 1. The van der Waals surface area contributed by atoms with Gasteiger partial charge in [0.15, 0.2) is 10.8 Å². The maximum Gasteiger partial charge on any atom is 0.271 e. The van der Waals surface area contributed by atoms with Crippen LogP contribution in [0.25, 0.3) is 10.8 Å². The zero-order chi connectivity index (χ0) is 15.0. The first kappa shape index (κ1) is 14.3. The summed E-state index contributed by atoms with van der Waals surface area (Å²) in [5.74, 6) is 1.84. The highest BCUT2D eigenvalue weighted by atomic mass is 32.1. The van der Waals surface area contributed by atoms with Crippen molar-refractivity contribution >= 4 is 17.2 Å². The number of nitrogens with one attached hydrogen (secondary N) is 1. The average molecular weight is 305 g/mol. The van der Waals surface area contributed by atoms with Crippen LogP contribution in [0.2, 0.25) is 0 Å². The van der Waals surface area contributed by atoms with E-state index < -0.39 is 0 Å². The van der Waals surface area contributed by atoms with Gasteiger partial charge in [-0.3, -0.25) is 4.79 Å². The zero-order valence-electron chi connectivity index (χ0n) is 12.2. The molecule has 0 radical (unpaired) electrons. The van der Waals surface area contributed by atoms with Gasteiger partial charge < -0.3 is 15.5 Å². The molecule has 1 aliphatic rings. The maximum absolute atomic E-state index is 12.3. The molecule has 1 amide bonds. The van der Waals surface area contributed by atoms with Crippen molar-refractivity contribution in [2.24, 2.45) is 11.7 Å². The minimum atomic E-state index is -0.331. The minimum absolute atomic E-state index is 0.166. The maximum atomic E-state index is 12.3. The van der Waals surface area contributed by atoms with Gasteiger partial charge in [0, 0.05) is 11.9 Å². The van der Waals surface area contributed by atoms with Gasteiger partial charge in [-0.1, -0.05) is 0 Å². The van der Waals surface area contributed by atoms with Gasteiger partial charge in [0.1, 0.15) is 11.5 Å². The lowest BCUT2D eigenvalue weighted by Gasteiger charge is -2.29. The van der Waals surface area contributed by atoms with Crippen molar-refractivity contribution in [3.63, 3.8) is 0 Å². The molecule has 1 saturated carbocycles. The number of nitrogens with two attached hydrogens (primary N) is 1. The number of carbonyl (C=O) groups excluding carboxylic acids is 1. The Kier molecular flexibility index (Phi) is 3.59. The SMILES string of the molecule is Cc1ccc(-c2nc(C(=O)NC(C)(CN)C3CC3)cs2)o1. The fourth-order valence-corrected chi connectivity index (χ4v) is 3.16.